The van der Waals surface area contributed by atoms with Crippen LogP contribution in [-0.2, 0) is 0 Å². The minimum Gasteiger partial charge on any atom is -0.311 e. The van der Waals surface area contributed by atoms with Gasteiger partial charge < -0.3 is 5.32 Å². The summed E-state index contributed by atoms with van der Waals surface area (Å²) in [5, 5.41) is 4.03. The molecule has 0 radical (unpaired) electrons. The molecular formula is C19H37N. The lowest BCUT2D eigenvalue weighted by Crippen LogP contribution is -2.40. The largest absolute Gasteiger partial charge is 0.311 e. The standard InChI is InChI=1S/C19H37N/c1-17-13-15-19(16-14-17)20-18-11-9-7-5-3-2-4-6-8-10-12-18/h17-20H,2-16H2,1H3. The fraction of sp³-hybridized carbons (Fsp3) is 1.00. The van der Waals surface area contributed by atoms with Gasteiger partial charge in [0.1, 0.15) is 0 Å². The molecule has 0 heterocycles. The normalized spacial score (nSPS) is 32.2. The highest BCUT2D eigenvalue weighted by Crippen LogP contribution is 2.25. The van der Waals surface area contributed by atoms with Crippen LogP contribution in [0.3, 0.4) is 0 Å². The minimum absolute atomic E-state index is 0.827. The maximum Gasteiger partial charge on any atom is 0.00698 e. The van der Waals surface area contributed by atoms with E-state index in [0.29, 0.717) is 0 Å². The number of nitrogens with one attached hydrogen (secondary N) is 1. The molecular weight excluding hydrogens is 242 g/mol. The Balaban J connectivity index is 1.71. The van der Waals surface area contributed by atoms with Crippen molar-refractivity contribution in [1.82, 2.24) is 5.32 Å². The maximum absolute atomic E-state index is 4.03. The van der Waals surface area contributed by atoms with Crippen molar-refractivity contribution >= 4 is 0 Å². The van der Waals surface area contributed by atoms with Crippen molar-refractivity contribution in [3.05, 3.63) is 0 Å². The van der Waals surface area contributed by atoms with E-state index in [2.05, 4.69) is 12.2 Å². The van der Waals surface area contributed by atoms with Gasteiger partial charge in [0.15, 0.2) is 0 Å². The van der Waals surface area contributed by atoms with Gasteiger partial charge in [-0.15, -0.1) is 0 Å². The second-order valence-corrected chi connectivity index (χ2v) is 7.58. The molecule has 1 N–H and O–H groups in total. The predicted molar refractivity (Wildman–Crippen MR) is 89.1 cm³/mol. The molecule has 0 saturated heterocycles. The summed E-state index contributed by atoms with van der Waals surface area (Å²) < 4.78 is 0. The molecule has 2 aliphatic rings. The molecule has 0 aromatic rings. The Morgan fingerprint density at radius 2 is 0.900 bits per heavy atom. The van der Waals surface area contributed by atoms with Crippen molar-refractivity contribution in [2.75, 3.05) is 0 Å². The van der Waals surface area contributed by atoms with E-state index in [4.69, 9.17) is 0 Å². The molecule has 2 aliphatic carbocycles. The van der Waals surface area contributed by atoms with Gasteiger partial charge in [0.25, 0.3) is 0 Å². The van der Waals surface area contributed by atoms with Gasteiger partial charge in [-0.05, 0) is 44.4 Å². The topological polar surface area (TPSA) is 12.0 Å². The Morgan fingerprint density at radius 1 is 0.500 bits per heavy atom. The molecule has 0 unspecified atom stereocenters. The number of hydrogen-bond acceptors (Lipinski definition) is 1. The van der Waals surface area contributed by atoms with Crippen molar-refractivity contribution in [1.29, 1.82) is 0 Å². The fourth-order valence-electron chi connectivity index (χ4n) is 4.09. The summed E-state index contributed by atoms with van der Waals surface area (Å²) in [6, 6.07) is 1.66. The second-order valence-electron chi connectivity index (χ2n) is 7.58. The van der Waals surface area contributed by atoms with Crippen molar-refractivity contribution < 1.29 is 0 Å². The fourth-order valence-corrected chi connectivity index (χ4v) is 4.09. The van der Waals surface area contributed by atoms with Crippen molar-refractivity contribution in [2.45, 2.75) is 115 Å². The van der Waals surface area contributed by atoms with E-state index in [-0.39, 0.29) is 0 Å². The Morgan fingerprint density at radius 3 is 1.40 bits per heavy atom. The van der Waals surface area contributed by atoms with Crippen LogP contribution in [0.5, 0.6) is 0 Å². The van der Waals surface area contributed by atoms with E-state index in [1.54, 1.807) is 0 Å². The first-order chi connectivity index (χ1) is 9.84. The third kappa shape index (κ3) is 6.61. The molecule has 0 aliphatic heterocycles. The predicted octanol–water partition coefficient (Wildman–Crippen LogP) is 5.83. The van der Waals surface area contributed by atoms with Gasteiger partial charge in [-0.3, -0.25) is 0 Å². The Kier molecular flexibility index (Phi) is 8.02. The Hall–Kier alpha value is -0.0400. The van der Waals surface area contributed by atoms with Crippen LogP contribution >= 0.6 is 0 Å². The first-order valence-corrected chi connectivity index (χ1v) is 9.60. The molecule has 2 saturated carbocycles. The van der Waals surface area contributed by atoms with Crippen LogP contribution in [0.1, 0.15) is 103 Å². The van der Waals surface area contributed by atoms with Crippen LogP contribution in [0.15, 0.2) is 0 Å². The van der Waals surface area contributed by atoms with Crippen molar-refractivity contribution in [3.8, 4) is 0 Å². The van der Waals surface area contributed by atoms with Crippen molar-refractivity contribution in [2.24, 2.45) is 5.92 Å². The molecule has 0 amide bonds. The van der Waals surface area contributed by atoms with Gasteiger partial charge >= 0.3 is 0 Å². The van der Waals surface area contributed by atoms with Gasteiger partial charge in [0.2, 0.25) is 0 Å². The molecule has 20 heavy (non-hydrogen) atoms. The summed E-state index contributed by atoms with van der Waals surface area (Å²) in [5.41, 5.74) is 0. The van der Waals surface area contributed by atoms with Gasteiger partial charge in [-0.25, -0.2) is 0 Å². The Labute approximate surface area is 127 Å². The molecule has 1 nitrogen and oxygen atoms in total. The summed E-state index contributed by atoms with van der Waals surface area (Å²) in [6.45, 7) is 2.42. The third-order valence-corrected chi connectivity index (χ3v) is 5.59. The lowest BCUT2D eigenvalue weighted by atomic mass is 9.86. The van der Waals surface area contributed by atoms with E-state index in [0.717, 1.165) is 18.0 Å². The zero-order chi connectivity index (χ0) is 14.0. The monoisotopic (exact) mass is 279 g/mol. The molecule has 1 heteroatoms. The number of rotatable bonds is 2. The van der Waals surface area contributed by atoms with E-state index < -0.39 is 0 Å². The first-order valence-electron chi connectivity index (χ1n) is 9.60. The first kappa shape index (κ1) is 16.3. The van der Waals surface area contributed by atoms with Crippen LogP contribution in [-0.4, -0.2) is 12.1 Å². The molecule has 0 spiro atoms. The van der Waals surface area contributed by atoms with E-state index in [9.17, 15) is 0 Å². The summed E-state index contributed by atoms with van der Waals surface area (Å²) in [7, 11) is 0. The molecule has 118 valence electrons. The number of hydrogen-bond donors (Lipinski definition) is 1. The van der Waals surface area contributed by atoms with E-state index in [1.165, 1.54) is 96.3 Å². The summed E-state index contributed by atoms with van der Waals surface area (Å²) >= 11 is 0. The lowest BCUT2D eigenvalue weighted by Gasteiger charge is -2.31. The van der Waals surface area contributed by atoms with Gasteiger partial charge in [0.05, 0.1) is 0 Å². The molecule has 2 rings (SSSR count). The summed E-state index contributed by atoms with van der Waals surface area (Å²) in [4.78, 5) is 0. The zero-order valence-corrected chi connectivity index (χ0v) is 13.8. The second kappa shape index (κ2) is 9.82. The highest BCUT2D eigenvalue weighted by molar-refractivity contribution is 4.79. The van der Waals surface area contributed by atoms with Gasteiger partial charge in [-0.2, -0.15) is 0 Å². The molecule has 2 fully saturated rings. The minimum atomic E-state index is 0.827. The van der Waals surface area contributed by atoms with Gasteiger partial charge in [0, 0.05) is 12.1 Å². The molecule has 0 atom stereocenters. The molecule has 0 aromatic heterocycles. The smallest absolute Gasteiger partial charge is 0.00698 e. The molecule has 0 aromatic carbocycles. The van der Waals surface area contributed by atoms with E-state index >= 15 is 0 Å². The maximum atomic E-state index is 4.03. The SMILES string of the molecule is CC1CCC(NC2CCCCCCCCCCC2)CC1. The summed E-state index contributed by atoms with van der Waals surface area (Å²) in [6.07, 6.45) is 21.9. The average Bonchev–Trinajstić information content (AvgIpc) is 2.44. The van der Waals surface area contributed by atoms with Crippen LogP contribution in [0.4, 0.5) is 0 Å². The average molecular weight is 280 g/mol. The highest BCUT2D eigenvalue weighted by atomic mass is 14.9. The third-order valence-electron chi connectivity index (χ3n) is 5.59. The van der Waals surface area contributed by atoms with Crippen LogP contribution in [0, 0.1) is 5.92 Å². The highest BCUT2D eigenvalue weighted by Gasteiger charge is 2.20. The lowest BCUT2D eigenvalue weighted by molar-refractivity contribution is 0.270. The van der Waals surface area contributed by atoms with Crippen LogP contribution in [0.25, 0.3) is 0 Å². The summed E-state index contributed by atoms with van der Waals surface area (Å²) in [5.74, 6) is 0.976. The van der Waals surface area contributed by atoms with Gasteiger partial charge in [-0.1, -0.05) is 64.7 Å². The van der Waals surface area contributed by atoms with Crippen LogP contribution < -0.4 is 5.32 Å². The Bertz CT molecular complexity index is 218. The van der Waals surface area contributed by atoms with Crippen molar-refractivity contribution in [3.63, 3.8) is 0 Å². The van der Waals surface area contributed by atoms with E-state index in [1.807, 2.05) is 0 Å². The van der Waals surface area contributed by atoms with Crippen LogP contribution in [0.2, 0.25) is 0 Å². The quantitative estimate of drug-likeness (QED) is 0.670. The molecule has 0 bridgehead atoms. The zero-order valence-electron chi connectivity index (χ0n) is 13.8.